The Labute approximate surface area is 192 Å². The predicted octanol–water partition coefficient (Wildman–Crippen LogP) is 0.937. The summed E-state index contributed by atoms with van der Waals surface area (Å²) in [5.74, 6) is 0.428. The lowest BCUT2D eigenvalue weighted by atomic mass is 9.83. The van der Waals surface area contributed by atoms with Crippen molar-refractivity contribution >= 4 is 11.8 Å². The van der Waals surface area contributed by atoms with Crippen LogP contribution in [0.2, 0.25) is 0 Å². The summed E-state index contributed by atoms with van der Waals surface area (Å²) < 4.78 is 12.0. The number of likely N-dealkylation sites (tertiary alicyclic amines) is 2. The van der Waals surface area contributed by atoms with Crippen molar-refractivity contribution in [1.82, 2.24) is 14.7 Å². The van der Waals surface area contributed by atoms with E-state index in [9.17, 15) is 9.59 Å². The Bertz CT molecular complexity index is 718. The number of ether oxygens (including phenoxy) is 2. The zero-order chi connectivity index (χ0) is 23.1. The van der Waals surface area contributed by atoms with E-state index in [4.69, 9.17) is 15.2 Å². The van der Waals surface area contributed by atoms with Crippen molar-refractivity contribution in [3.8, 4) is 0 Å². The van der Waals surface area contributed by atoms with Crippen LogP contribution in [-0.4, -0.2) is 103 Å². The molecule has 0 aromatic heterocycles. The highest BCUT2D eigenvalue weighted by Gasteiger charge is 2.53. The van der Waals surface area contributed by atoms with Gasteiger partial charge in [-0.1, -0.05) is 27.7 Å². The smallest absolute Gasteiger partial charge is 0.225 e. The lowest BCUT2D eigenvalue weighted by molar-refractivity contribution is -0.136. The Hall–Kier alpha value is -1.22. The maximum absolute atomic E-state index is 13.3. The van der Waals surface area contributed by atoms with Gasteiger partial charge in [-0.15, -0.1) is 0 Å². The summed E-state index contributed by atoms with van der Waals surface area (Å²) >= 11 is 0. The van der Waals surface area contributed by atoms with Crippen LogP contribution in [0.15, 0.2) is 0 Å². The summed E-state index contributed by atoms with van der Waals surface area (Å²) in [6.07, 6.45) is 2.50. The van der Waals surface area contributed by atoms with Gasteiger partial charge >= 0.3 is 0 Å². The molecule has 2 N–H and O–H groups in total. The van der Waals surface area contributed by atoms with Crippen LogP contribution < -0.4 is 5.73 Å². The Morgan fingerprint density at radius 1 is 1.06 bits per heavy atom. The quantitative estimate of drug-likeness (QED) is 0.671. The second-order valence-electron chi connectivity index (χ2n) is 10.8. The normalized spacial score (nSPS) is 36.7. The van der Waals surface area contributed by atoms with E-state index in [-0.39, 0.29) is 41.1 Å². The van der Waals surface area contributed by atoms with Crippen LogP contribution in [0, 0.1) is 17.8 Å². The number of amides is 2. The molecule has 4 saturated heterocycles. The van der Waals surface area contributed by atoms with Crippen LogP contribution in [0.3, 0.4) is 0 Å². The van der Waals surface area contributed by atoms with E-state index in [0.717, 1.165) is 52.0 Å². The molecule has 2 amide bonds. The number of carbonyl (C=O) groups is 2. The van der Waals surface area contributed by atoms with Gasteiger partial charge in [0.25, 0.3) is 0 Å². The first-order chi connectivity index (χ1) is 15.2. The molecule has 5 atom stereocenters. The molecule has 2 spiro atoms. The summed E-state index contributed by atoms with van der Waals surface area (Å²) in [5, 5.41) is 0. The Morgan fingerprint density at radius 2 is 1.78 bits per heavy atom. The minimum absolute atomic E-state index is 0.0156. The van der Waals surface area contributed by atoms with Gasteiger partial charge in [0.15, 0.2) is 0 Å². The molecule has 4 rings (SSSR count). The van der Waals surface area contributed by atoms with Gasteiger partial charge in [0.1, 0.15) is 5.60 Å². The molecule has 4 heterocycles. The second-order valence-corrected chi connectivity index (χ2v) is 10.8. The Balaban J connectivity index is 1.33. The first-order valence-electron chi connectivity index (χ1n) is 12.5. The van der Waals surface area contributed by atoms with Crippen molar-refractivity contribution in [2.75, 3.05) is 59.1 Å². The van der Waals surface area contributed by atoms with Crippen LogP contribution in [0.4, 0.5) is 0 Å². The first kappa shape index (κ1) is 23.9. The fourth-order valence-electron chi connectivity index (χ4n) is 6.41. The van der Waals surface area contributed by atoms with Gasteiger partial charge in [0, 0.05) is 50.0 Å². The molecule has 32 heavy (non-hydrogen) atoms. The van der Waals surface area contributed by atoms with Gasteiger partial charge in [-0.2, -0.15) is 0 Å². The minimum Gasteiger partial charge on any atom is -0.378 e. The van der Waals surface area contributed by atoms with Crippen LogP contribution in [-0.2, 0) is 19.1 Å². The first-order valence-corrected chi connectivity index (χ1v) is 12.5. The van der Waals surface area contributed by atoms with E-state index in [1.807, 2.05) is 30.6 Å². The number of morpholine rings is 1. The third-order valence-electron chi connectivity index (χ3n) is 8.42. The van der Waals surface area contributed by atoms with Gasteiger partial charge in [0.2, 0.25) is 11.8 Å². The predicted molar refractivity (Wildman–Crippen MR) is 122 cm³/mol. The molecule has 0 aliphatic carbocycles. The maximum atomic E-state index is 13.3. The fourth-order valence-corrected chi connectivity index (χ4v) is 6.41. The van der Waals surface area contributed by atoms with Gasteiger partial charge < -0.3 is 25.0 Å². The van der Waals surface area contributed by atoms with Crippen molar-refractivity contribution < 1.29 is 19.1 Å². The molecule has 0 bridgehead atoms. The van der Waals surface area contributed by atoms with E-state index in [1.54, 1.807) is 0 Å². The van der Waals surface area contributed by atoms with E-state index in [2.05, 4.69) is 11.8 Å². The lowest BCUT2D eigenvalue weighted by Crippen LogP contribution is -2.58. The number of rotatable bonds is 5. The highest BCUT2D eigenvalue weighted by Crippen LogP contribution is 2.40. The van der Waals surface area contributed by atoms with E-state index in [1.165, 1.54) is 0 Å². The van der Waals surface area contributed by atoms with Crippen molar-refractivity contribution in [2.45, 2.75) is 64.1 Å². The third kappa shape index (κ3) is 4.19. The van der Waals surface area contributed by atoms with Crippen molar-refractivity contribution in [2.24, 2.45) is 23.5 Å². The molecular formula is C24H42N4O4. The van der Waals surface area contributed by atoms with E-state index in [0.29, 0.717) is 26.3 Å². The van der Waals surface area contributed by atoms with E-state index < -0.39 is 5.60 Å². The summed E-state index contributed by atoms with van der Waals surface area (Å²) in [6, 6.07) is -0.144. The second kappa shape index (κ2) is 9.20. The third-order valence-corrected chi connectivity index (χ3v) is 8.42. The number of hydrogen-bond acceptors (Lipinski definition) is 6. The monoisotopic (exact) mass is 450 g/mol. The number of nitrogens with zero attached hydrogens (tertiary/aromatic N) is 3. The summed E-state index contributed by atoms with van der Waals surface area (Å²) in [4.78, 5) is 32.2. The summed E-state index contributed by atoms with van der Waals surface area (Å²) in [5.41, 5.74) is 6.23. The number of nitrogens with two attached hydrogens (primary N) is 1. The topological polar surface area (TPSA) is 88.3 Å². The summed E-state index contributed by atoms with van der Waals surface area (Å²) in [6.45, 7) is 14.9. The highest BCUT2D eigenvalue weighted by atomic mass is 16.5. The van der Waals surface area contributed by atoms with Crippen LogP contribution in [0.25, 0.3) is 0 Å². The van der Waals surface area contributed by atoms with Crippen LogP contribution >= 0.6 is 0 Å². The average Bonchev–Trinajstić information content (AvgIpc) is 3.48. The van der Waals surface area contributed by atoms with Gasteiger partial charge in [-0.25, -0.2) is 0 Å². The molecule has 0 aromatic rings. The fraction of sp³-hybridized carbons (Fsp3) is 0.917. The van der Waals surface area contributed by atoms with Gasteiger partial charge in [0.05, 0.1) is 31.9 Å². The van der Waals surface area contributed by atoms with Gasteiger partial charge in [-0.05, 0) is 25.8 Å². The molecule has 4 aliphatic rings. The van der Waals surface area contributed by atoms with E-state index >= 15 is 0 Å². The highest BCUT2D eigenvalue weighted by molar-refractivity contribution is 5.79. The molecular weight excluding hydrogens is 408 g/mol. The largest absolute Gasteiger partial charge is 0.378 e. The van der Waals surface area contributed by atoms with Crippen LogP contribution in [0.1, 0.15) is 47.0 Å². The van der Waals surface area contributed by atoms with Crippen molar-refractivity contribution in [3.05, 3.63) is 0 Å². The molecule has 4 unspecified atom stereocenters. The molecule has 0 saturated carbocycles. The number of likely N-dealkylation sites (N-methyl/N-ethyl adjacent to an activating group) is 1. The zero-order valence-corrected chi connectivity index (χ0v) is 20.3. The van der Waals surface area contributed by atoms with Crippen molar-refractivity contribution in [3.63, 3.8) is 0 Å². The Kier molecular flexibility index (Phi) is 6.88. The van der Waals surface area contributed by atoms with Crippen molar-refractivity contribution in [1.29, 1.82) is 0 Å². The summed E-state index contributed by atoms with van der Waals surface area (Å²) in [7, 11) is 0. The zero-order valence-electron chi connectivity index (χ0n) is 20.3. The van der Waals surface area contributed by atoms with Gasteiger partial charge in [-0.3, -0.25) is 14.5 Å². The average molecular weight is 451 g/mol. The maximum Gasteiger partial charge on any atom is 0.225 e. The molecule has 8 nitrogen and oxygen atoms in total. The molecule has 0 radical (unpaired) electrons. The molecule has 182 valence electrons. The number of hydrogen-bond donors (Lipinski definition) is 1. The molecule has 4 fully saturated rings. The molecule has 0 aromatic carbocycles. The number of carbonyl (C=O) groups excluding carboxylic acids is 2. The molecule has 8 heteroatoms. The standard InChI is InChI=1S/C24H42N4O4/c1-5-28-10-11-31-16-23(28)6-8-26(14-23)22(30)18(4)12-19-13-32-24(20(19)25)7-9-27(15-24)21(29)17(2)3/h17-20H,5-16,25H2,1-4H3/t18?,19?,20?,23-,24?/m0/s1. The molecule has 4 aliphatic heterocycles. The Morgan fingerprint density at radius 3 is 2.50 bits per heavy atom. The minimum atomic E-state index is -0.448. The lowest BCUT2D eigenvalue weighted by Gasteiger charge is -2.44. The SMILES string of the molecule is CCN1CCOC[C@@]12CCN(C(=O)C(C)CC1COC3(CCN(C(=O)C(C)C)C3)C1N)C2. The van der Waals surface area contributed by atoms with Crippen LogP contribution in [0.5, 0.6) is 0 Å².